The molecule has 0 unspecified atom stereocenters. The summed E-state index contributed by atoms with van der Waals surface area (Å²) in [6.07, 6.45) is 5.80. The number of allylic oxidation sites excluding steroid dienone is 3. The Kier molecular flexibility index (Phi) is 6.53. The van der Waals surface area contributed by atoms with Gasteiger partial charge in [0, 0.05) is 24.1 Å². The number of aliphatic hydroxyl groups is 2. The van der Waals surface area contributed by atoms with Crippen molar-refractivity contribution in [3.8, 4) is 5.75 Å². The van der Waals surface area contributed by atoms with E-state index in [1.807, 2.05) is 6.07 Å². The predicted molar refractivity (Wildman–Crippen MR) is 130 cm³/mol. The minimum Gasteiger partial charge on any atom is -0.511 e. The van der Waals surface area contributed by atoms with Crippen LogP contribution in [0.4, 0.5) is 0 Å². The fourth-order valence-electron chi connectivity index (χ4n) is 6.21. The van der Waals surface area contributed by atoms with Crippen molar-refractivity contribution in [1.29, 1.82) is 0 Å². The standard InChI is InChI=1S/C27H34N2O6/c1-3-4-5-6-7-13-8-15(12-28)22(31)20-17(13)10-14-9-16-11-18(30)21(26(29)35)25(34)27(16,2)24(33)19(14)23(20)32/h8,14,16,30-31,33H,3-7,9-12,28H2,1-2H3,(H2,29,35)/t14-,16+,27-/m1/s1. The first-order valence-electron chi connectivity index (χ1n) is 12.4. The summed E-state index contributed by atoms with van der Waals surface area (Å²) in [5, 5.41) is 32.7. The van der Waals surface area contributed by atoms with E-state index in [9.17, 15) is 29.7 Å². The molecule has 0 saturated heterocycles. The summed E-state index contributed by atoms with van der Waals surface area (Å²) in [7, 11) is 0. The Bertz CT molecular complexity index is 1180. The van der Waals surface area contributed by atoms with Crippen LogP contribution in [0.1, 0.15) is 79.4 Å². The molecule has 0 spiro atoms. The van der Waals surface area contributed by atoms with Crippen molar-refractivity contribution in [2.24, 2.45) is 28.7 Å². The highest BCUT2D eigenvalue weighted by Gasteiger charge is 2.57. The lowest BCUT2D eigenvalue weighted by Gasteiger charge is -2.47. The van der Waals surface area contributed by atoms with Crippen LogP contribution < -0.4 is 11.5 Å². The van der Waals surface area contributed by atoms with E-state index in [-0.39, 0.29) is 41.5 Å². The third kappa shape index (κ3) is 3.75. The Morgan fingerprint density at radius 3 is 2.46 bits per heavy atom. The Morgan fingerprint density at radius 1 is 1.11 bits per heavy atom. The van der Waals surface area contributed by atoms with Gasteiger partial charge in [-0.1, -0.05) is 32.3 Å². The molecule has 3 atom stereocenters. The molecule has 0 heterocycles. The van der Waals surface area contributed by atoms with Crippen LogP contribution in [0.3, 0.4) is 0 Å². The Hall–Kier alpha value is -3.13. The highest BCUT2D eigenvalue weighted by Crippen LogP contribution is 2.55. The molecule has 8 heteroatoms. The molecule has 0 aliphatic heterocycles. The van der Waals surface area contributed by atoms with Gasteiger partial charge in [0.05, 0.1) is 11.0 Å². The summed E-state index contributed by atoms with van der Waals surface area (Å²) in [4.78, 5) is 38.9. The van der Waals surface area contributed by atoms with Crippen LogP contribution >= 0.6 is 0 Å². The van der Waals surface area contributed by atoms with E-state index in [2.05, 4.69) is 6.92 Å². The largest absolute Gasteiger partial charge is 0.511 e. The lowest BCUT2D eigenvalue weighted by molar-refractivity contribution is -0.131. The lowest BCUT2D eigenvalue weighted by atomic mass is 9.55. The number of nitrogens with two attached hydrogens (primary N) is 2. The van der Waals surface area contributed by atoms with Gasteiger partial charge in [-0.2, -0.15) is 0 Å². The number of ketones is 2. The number of amides is 1. The van der Waals surface area contributed by atoms with Crippen LogP contribution in [0.5, 0.6) is 5.75 Å². The van der Waals surface area contributed by atoms with E-state index in [1.165, 1.54) is 6.92 Å². The maximum atomic E-state index is 13.8. The number of fused-ring (bicyclic) bond motifs is 3. The molecule has 4 rings (SSSR count). The highest BCUT2D eigenvalue weighted by atomic mass is 16.3. The Balaban J connectivity index is 1.83. The number of carbonyl (C=O) groups excluding carboxylic acids is 3. The number of hydrogen-bond acceptors (Lipinski definition) is 7. The molecule has 1 amide bonds. The molecule has 35 heavy (non-hydrogen) atoms. The molecular weight excluding hydrogens is 448 g/mol. The number of phenols is 1. The zero-order valence-corrected chi connectivity index (χ0v) is 20.3. The first kappa shape index (κ1) is 25.0. The van der Waals surface area contributed by atoms with Crippen LogP contribution in [0.25, 0.3) is 0 Å². The summed E-state index contributed by atoms with van der Waals surface area (Å²) in [6, 6.07) is 1.88. The molecule has 1 aromatic rings. The Morgan fingerprint density at radius 2 is 1.83 bits per heavy atom. The van der Waals surface area contributed by atoms with Gasteiger partial charge in [0.15, 0.2) is 11.6 Å². The summed E-state index contributed by atoms with van der Waals surface area (Å²) in [6.45, 7) is 3.69. The zero-order chi connectivity index (χ0) is 25.7. The summed E-state index contributed by atoms with van der Waals surface area (Å²) < 4.78 is 0. The van der Waals surface area contributed by atoms with E-state index in [0.29, 0.717) is 18.4 Å². The van der Waals surface area contributed by atoms with Gasteiger partial charge in [-0.3, -0.25) is 14.4 Å². The number of aromatic hydroxyl groups is 1. The van der Waals surface area contributed by atoms with Gasteiger partial charge in [-0.25, -0.2) is 0 Å². The molecule has 8 nitrogen and oxygen atoms in total. The van der Waals surface area contributed by atoms with Crippen LogP contribution in [-0.4, -0.2) is 32.8 Å². The summed E-state index contributed by atoms with van der Waals surface area (Å²) >= 11 is 0. The second-order valence-electron chi connectivity index (χ2n) is 10.3. The van der Waals surface area contributed by atoms with Crippen molar-refractivity contribution in [2.75, 3.05) is 0 Å². The fraction of sp³-hybridized carbons (Fsp3) is 0.519. The molecule has 0 fully saturated rings. The minimum absolute atomic E-state index is 0.0106. The molecule has 0 radical (unpaired) electrons. The minimum atomic E-state index is -1.56. The van der Waals surface area contributed by atoms with Gasteiger partial charge in [0.1, 0.15) is 22.8 Å². The number of benzene rings is 1. The molecule has 3 aliphatic carbocycles. The second kappa shape index (κ2) is 9.15. The van der Waals surface area contributed by atoms with E-state index in [4.69, 9.17) is 11.5 Å². The normalized spacial score (nSPS) is 25.9. The first-order valence-corrected chi connectivity index (χ1v) is 12.4. The number of primary amides is 1. The van der Waals surface area contributed by atoms with E-state index >= 15 is 0 Å². The maximum absolute atomic E-state index is 13.8. The fourth-order valence-corrected chi connectivity index (χ4v) is 6.21. The number of aryl methyl sites for hydroxylation is 1. The maximum Gasteiger partial charge on any atom is 0.255 e. The number of carbonyl (C=O) groups is 3. The zero-order valence-electron chi connectivity index (χ0n) is 20.3. The van der Waals surface area contributed by atoms with Gasteiger partial charge in [0.25, 0.3) is 5.91 Å². The number of Topliss-reactive ketones (excluding diaryl/α,β-unsaturated/α-hetero) is 2. The Labute approximate surface area is 204 Å². The first-order chi connectivity index (χ1) is 16.6. The van der Waals surface area contributed by atoms with Gasteiger partial charge in [0.2, 0.25) is 0 Å². The van der Waals surface area contributed by atoms with Crippen molar-refractivity contribution in [3.63, 3.8) is 0 Å². The van der Waals surface area contributed by atoms with Crippen molar-refractivity contribution >= 4 is 17.5 Å². The van der Waals surface area contributed by atoms with Crippen LogP contribution in [0.2, 0.25) is 0 Å². The molecule has 3 aliphatic rings. The number of aliphatic hydroxyl groups excluding tert-OH is 2. The van der Waals surface area contributed by atoms with Crippen molar-refractivity contribution in [3.05, 3.63) is 51.0 Å². The monoisotopic (exact) mass is 482 g/mol. The number of phenolic OH excluding ortho intramolecular Hbond substituents is 1. The third-order valence-electron chi connectivity index (χ3n) is 8.23. The van der Waals surface area contributed by atoms with Crippen molar-refractivity contribution in [1.82, 2.24) is 0 Å². The molecule has 188 valence electrons. The SMILES string of the molecule is CCCCCCc1cc(CN)c(O)c2c1C[C@H]1C[C@H]3CC(O)=C(C(N)=O)C(=O)[C@@]3(C)C(O)=C1C2=O. The van der Waals surface area contributed by atoms with E-state index in [1.54, 1.807) is 0 Å². The molecule has 7 N–H and O–H groups in total. The van der Waals surface area contributed by atoms with Gasteiger partial charge in [-0.05, 0) is 55.6 Å². The van der Waals surface area contributed by atoms with Crippen molar-refractivity contribution < 1.29 is 29.7 Å². The smallest absolute Gasteiger partial charge is 0.255 e. The summed E-state index contributed by atoms with van der Waals surface area (Å²) in [5.74, 6) is -4.17. The molecule has 0 aromatic heterocycles. The van der Waals surface area contributed by atoms with Crippen molar-refractivity contribution in [2.45, 2.75) is 71.8 Å². The van der Waals surface area contributed by atoms with Gasteiger partial charge in [-0.15, -0.1) is 0 Å². The quantitative estimate of drug-likeness (QED) is 0.293. The van der Waals surface area contributed by atoms with E-state index < -0.39 is 40.1 Å². The van der Waals surface area contributed by atoms with E-state index in [0.717, 1.165) is 43.2 Å². The van der Waals surface area contributed by atoms with Crippen LogP contribution in [0, 0.1) is 17.3 Å². The molecular formula is C27H34N2O6. The van der Waals surface area contributed by atoms with Crippen LogP contribution in [0.15, 0.2) is 28.7 Å². The summed E-state index contributed by atoms with van der Waals surface area (Å²) in [5.41, 5.74) is 11.6. The highest BCUT2D eigenvalue weighted by molar-refractivity contribution is 6.23. The number of unbranched alkanes of at least 4 members (excludes halogenated alkanes) is 3. The second-order valence-corrected chi connectivity index (χ2v) is 10.3. The number of rotatable bonds is 7. The average Bonchev–Trinajstić information content (AvgIpc) is 2.80. The lowest BCUT2D eigenvalue weighted by Crippen LogP contribution is -2.50. The average molecular weight is 483 g/mol. The van der Waals surface area contributed by atoms with Gasteiger partial charge < -0.3 is 26.8 Å². The number of hydrogen-bond donors (Lipinski definition) is 5. The van der Waals surface area contributed by atoms with Crippen LogP contribution in [-0.2, 0) is 29.0 Å². The molecule has 0 saturated carbocycles. The topological polar surface area (TPSA) is 164 Å². The third-order valence-corrected chi connectivity index (χ3v) is 8.23. The molecule has 1 aromatic carbocycles. The predicted octanol–water partition coefficient (Wildman–Crippen LogP) is 3.44. The van der Waals surface area contributed by atoms with Gasteiger partial charge >= 0.3 is 0 Å². The molecule has 0 bridgehead atoms.